The van der Waals surface area contributed by atoms with Crippen LogP contribution >= 0.6 is 0 Å². The summed E-state index contributed by atoms with van der Waals surface area (Å²) in [6.45, 7) is 4.00. The molecule has 2 aliphatic rings. The lowest BCUT2D eigenvalue weighted by molar-refractivity contribution is 0.172. The minimum atomic E-state index is 0.787. The number of hydrogen-bond donors (Lipinski definition) is 1. The number of nitrogens with zero attached hydrogens (tertiary/aromatic N) is 1. The fourth-order valence-electron chi connectivity index (χ4n) is 2.59. The third-order valence-corrected chi connectivity index (χ3v) is 4.07. The van der Waals surface area contributed by atoms with Gasteiger partial charge in [0.2, 0.25) is 0 Å². The summed E-state index contributed by atoms with van der Waals surface area (Å²) in [4.78, 5) is 2.66. The summed E-state index contributed by atoms with van der Waals surface area (Å²) < 4.78 is 0. The van der Waals surface area contributed by atoms with E-state index in [0.29, 0.717) is 0 Å². The third kappa shape index (κ3) is 2.71. The molecule has 2 fully saturated rings. The summed E-state index contributed by atoms with van der Waals surface area (Å²) in [6, 6.07) is 0.787. The molecular formula is C12H24N2. The van der Waals surface area contributed by atoms with Crippen molar-refractivity contribution in [1.82, 2.24) is 10.2 Å². The maximum Gasteiger partial charge on any atom is 0.00884 e. The van der Waals surface area contributed by atoms with Gasteiger partial charge < -0.3 is 10.2 Å². The summed E-state index contributed by atoms with van der Waals surface area (Å²) in [5.74, 6) is 1.08. The van der Waals surface area contributed by atoms with Crippen molar-refractivity contribution in [3.63, 3.8) is 0 Å². The normalized spacial score (nSPS) is 26.4. The molecule has 1 saturated carbocycles. The molecule has 82 valence electrons. The van der Waals surface area contributed by atoms with Crippen molar-refractivity contribution in [1.29, 1.82) is 0 Å². The maximum atomic E-state index is 3.38. The van der Waals surface area contributed by atoms with Crippen LogP contribution in [0.5, 0.6) is 0 Å². The molecule has 1 aliphatic heterocycles. The molecule has 14 heavy (non-hydrogen) atoms. The van der Waals surface area contributed by atoms with Gasteiger partial charge in [0, 0.05) is 6.04 Å². The fourth-order valence-corrected chi connectivity index (χ4v) is 2.59. The fraction of sp³-hybridized carbons (Fsp3) is 1.00. The van der Waals surface area contributed by atoms with Crippen LogP contribution in [0.1, 0.15) is 38.5 Å². The zero-order valence-corrected chi connectivity index (χ0v) is 9.47. The van der Waals surface area contributed by atoms with Gasteiger partial charge in [-0.05, 0) is 51.9 Å². The smallest absolute Gasteiger partial charge is 0.00884 e. The molecule has 2 heteroatoms. The van der Waals surface area contributed by atoms with Crippen LogP contribution in [-0.2, 0) is 0 Å². The highest BCUT2D eigenvalue weighted by atomic mass is 15.1. The second-order valence-corrected chi connectivity index (χ2v) is 4.99. The van der Waals surface area contributed by atoms with Gasteiger partial charge in [0.1, 0.15) is 0 Å². The highest BCUT2D eigenvalue weighted by molar-refractivity contribution is 4.77. The highest BCUT2D eigenvalue weighted by Crippen LogP contribution is 2.29. The Morgan fingerprint density at radius 1 is 1.14 bits per heavy atom. The molecule has 0 aromatic heterocycles. The zero-order chi connectivity index (χ0) is 9.80. The van der Waals surface area contributed by atoms with E-state index in [4.69, 9.17) is 0 Å². The molecule has 0 amide bonds. The van der Waals surface area contributed by atoms with E-state index < -0.39 is 0 Å². The van der Waals surface area contributed by atoms with Crippen LogP contribution < -0.4 is 5.32 Å². The second-order valence-electron chi connectivity index (χ2n) is 4.99. The van der Waals surface area contributed by atoms with Gasteiger partial charge in [-0.25, -0.2) is 0 Å². The predicted octanol–water partition coefficient (Wildman–Crippen LogP) is 1.86. The number of nitrogens with one attached hydrogen (secondary N) is 1. The lowest BCUT2D eigenvalue weighted by Crippen LogP contribution is -2.41. The largest absolute Gasteiger partial charge is 0.317 e. The van der Waals surface area contributed by atoms with Gasteiger partial charge in [-0.15, -0.1) is 0 Å². The van der Waals surface area contributed by atoms with Crippen molar-refractivity contribution in [3.8, 4) is 0 Å². The lowest BCUT2D eigenvalue weighted by Gasteiger charge is -2.34. The van der Waals surface area contributed by atoms with E-state index in [1.807, 2.05) is 0 Å². The van der Waals surface area contributed by atoms with Crippen LogP contribution in [0.2, 0.25) is 0 Å². The quantitative estimate of drug-likeness (QED) is 0.738. The zero-order valence-electron chi connectivity index (χ0n) is 9.47. The van der Waals surface area contributed by atoms with Crippen molar-refractivity contribution in [2.24, 2.45) is 5.92 Å². The Labute approximate surface area is 88.1 Å². The molecule has 0 spiro atoms. The average molecular weight is 196 g/mol. The Bertz CT molecular complexity index is 158. The number of likely N-dealkylation sites (tertiary alicyclic amines) is 1. The van der Waals surface area contributed by atoms with Gasteiger partial charge >= 0.3 is 0 Å². The van der Waals surface area contributed by atoms with E-state index in [2.05, 4.69) is 17.3 Å². The Morgan fingerprint density at radius 3 is 2.36 bits per heavy atom. The van der Waals surface area contributed by atoms with Gasteiger partial charge in [0.15, 0.2) is 0 Å². The first kappa shape index (κ1) is 10.4. The molecule has 0 unspecified atom stereocenters. The lowest BCUT2D eigenvalue weighted by atomic mass is 9.83. The number of piperidine rings is 1. The minimum Gasteiger partial charge on any atom is -0.317 e. The van der Waals surface area contributed by atoms with Crippen LogP contribution in [0.25, 0.3) is 0 Å². The molecule has 1 aliphatic carbocycles. The first-order valence-electron chi connectivity index (χ1n) is 6.28. The summed E-state index contributed by atoms with van der Waals surface area (Å²) in [5, 5.41) is 3.38. The Hall–Kier alpha value is -0.0800. The molecule has 0 aromatic rings. The van der Waals surface area contributed by atoms with Crippen molar-refractivity contribution < 1.29 is 0 Å². The second kappa shape index (κ2) is 5.13. The Balaban J connectivity index is 1.58. The van der Waals surface area contributed by atoms with E-state index in [1.54, 1.807) is 0 Å². The highest BCUT2D eigenvalue weighted by Gasteiger charge is 2.21. The van der Waals surface area contributed by atoms with E-state index in [-0.39, 0.29) is 0 Å². The third-order valence-electron chi connectivity index (χ3n) is 4.07. The van der Waals surface area contributed by atoms with Crippen molar-refractivity contribution >= 4 is 0 Å². The predicted molar refractivity (Wildman–Crippen MR) is 60.5 cm³/mol. The Kier molecular flexibility index (Phi) is 3.82. The molecule has 2 nitrogen and oxygen atoms in total. The van der Waals surface area contributed by atoms with Gasteiger partial charge in [-0.3, -0.25) is 0 Å². The molecule has 0 radical (unpaired) electrons. The van der Waals surface area contributed by atoms with Gasteiger partial charge in [-0.2, -0.15) is 0 Å². The van der Waals surface area contributed by atoms with Crippen molar-refractivity contribution in [3.05, 3.63) is 0 Å². The first-order valence-corrected chi connectivity index (χ1v) is 6.28. The topological polar surface area (TPSA) is 15.3 Å². The summed E-state index contributed by atoms with van der Waals surface area (Å²) in [6.07, 6.45) is 8.67. The maximum absolute atomic E-state index is 3.38. The van der Waals surface area contributed by atoms with Gasteiger partial charge in [0.25, 0.3) is 0 Å². The molecule has 1 heterocycles. The summed E-state index contributed by atoms with van der Waals surface area (Å²) >= 11 is 0. The van der Waals surface area contributed by atoms with Crippen molar-refractivity contribution in [2.75, 3.05) is 26.7 Å². The van der Waals surface area contributed by atoms with Crippen LogP contribution in [0, 0.1) is 5.92 Å². The first-order chi connectivity index (χ1) is 6.88. The standard InChI is InChI=1S/C12H24N2/c1-13-12-6-9-14(10-7-12)8-5-11-3-2-4-11/h11-13H,2-10H2,1H3. The summed E-state index contributed by atoms with van der Waals surface area (Å²) in [5.41, 5.74) is 0. The number of hydrogen-bond acceptors (Lipinski definition) is 2. The molecule has 0 bridgehead atoms. The Morgan fingerprint density at radius 2 is 1.86 bits per heavy atom. The monoisotopic (exact) mass is 196 g/mol. The molecule has 1 N–H and O–H groups in total. The minimum absolute atomic E-state index is 0.787. The van der Waals surface area contributed by atoms with E-state index in [1.165, 1.54) is 58.2 Å². The van der Waals surface area contributed by atoms with Gasteiger partial charge in [0.05, 0.1) is 0 Å². The van der Waals surface area contributed by atoms with E-state index >= 15 is 0 Å². The number of rotatable bonds is 4. The molecule has 0 aromatic carbocycles. The van der Waals surface area contributed by atoms with Gasteiger partial charge in [-0.1, -0.05) is 19.3 Å². The van der Waals surface area contributed by atoms with Crippen LogP contribution in [-0.4, -0.2) is 37.6 Å². The molecule has 0 atom stereocenters. The summed E-state index contributed by atoms with van der Waals surface area (Å²) in [7, 11) is 2.09. The van der Waals surface area contributed by atoms with Crippen molar-refractivity contribution in [2.45, 2.75) is 44.6 Å². The molecular weight excluding hydrogens is 172 g/mol. The average Bonchev–Trinajstić information content (AvgIpc) is 2.16. The van der Waals surface area contributed by atoms with Crippen LogP contribution in [0.4, 0.5) is 0 Å². The van der Waals surface area contributed by atoms with Crippen LogP contribution in [0.15, 0.2) is 0 Å². The van der Waals surface area contributed by atoms with Crippen LogP contribution in [0.3, 0.4) is 0 Å². The SMILES string of the molecule is CNC1CCN(CCC2CCC2)CC1. The van der Waals surface area contributed by atoms with E-state index in [9.17, 15) is 0 Å². The molecule has 2 rings (SSSR count). The van der Waals surface area contributed by atoms with E-state index in [0.717, 1.165) is 12.0 Å². The molecule has 1 saturated heterocycles.